The van der Waals surface area contributed by atoms with Gasteiger partial charge in [-0.05, 0) is 19.3 Å². The third-order valence-electron chi connectivity index (χ3n) is 2.76. The van der Waals surface area contributed by atoms with Gasteiger partial charge in [-0.2, -0.15) is 13.2 Å². The van der Waals surface area contributed by atoms with Crippen LogP contribution in [0.25, 0.3) is 0 Å². The summed E-state index contributed by atoms with van der Waals surface area (Å²) < 4.78 is 42.1. The van der Waals surface area contributed by atoms with E-state index < -0.39 is 12.2 Å². The number of carbonyl (C=O) groups excluding carboxylic acids is 1. The van der Waals surface area contributed by atoms with E-state index >= 15 is 0 Å². The van der Waals surface area contributed by atoms with Gasteiger partial charge in [-0.3, -0.25) is 4.79 Å². The third-order valence-corrected chi connectivity index (χ3v) is 2.76. The van der Waals surface area contributed by atoms with Crippen LogP contribution in [0.5, 0.6) is 0 Å². The van der Waals surface area contributed by atoms with Gasteiger partial charge in [0.05, 0.1) is 0 Å². The van der Waals surface area contributed by atoms with Crippen LogP contribution >= 0.6 is 0 Å². The Balaban J connectivity index is 2.21. The molecule has 0 spiro atoms. The summed E-state index contributed by atoms with van der Waals surface area (Å²) in [6.07, 6.45) is -3.06. The van der Waals surface area contributed by atoms with Crippen LogP contribution in [0.3, 0.4) is 0 Å². The fraction of sp³-hybridized carbons (Fsp3) is 0.909. The predicted molar refractivity (Wildman–Crippen MR) is 60.1 cm³/mol. The number of nitrogens with one attached hydrogen (secondary N) is 2. The Kier molecular flexibility index (Phi) is 5.87. The van der Waals surface area contributed by atoms with E-state index in [0.29, 0.717) is 13.0 Å². The lowest BCUT2D eigenvalue weighted by molar-refractivity contribution is -0.161. The van der Waals surface area contributed by atoms with Crippen LogP contribution < -0.4 is 10.6 Å². The first kappa shape index (κ1) is 15.2. The second kappa shape index (κ2) is 6.94. The molecule has 18 heavy (non-hydrogen) atoms. The number of rotatable bonds is 5. The van der Waals surface area contributed by atoms with Crippen molar-refractivity contribution in [1.29, 1.82) is 0 Å². The molecular formula is C11H19F3N2O2. The monoisotopic (exact) mass is 268 g/mol. The molecule has 1 heterocycles. The van der Waals surface area contributed by atoms with Crippen molar-refractivity contribution >= 4 is 5.91 Å². The third kappa shape index (κ3) is 5.22. The number of alkyl halides is 3. The number of halogens is 3. The highest BCUT2D eigenvalue weighted by Crippen LogP contribution is 2.25. The van der Waals surface area contributed by atoms with Gasteiger partial charge in [0.15, 0.2) is 0 Å². The number of piperidine rings is 1. The number of hydrogen-bond donors (Lipinski definition) is 2. The maximum atomic E-state index is 12.4. The summed E-state index contributed by atoms with van der Waals surface area (Å²) in [7, 11) is 0. The van der Waals surface area contributed by atoms with E-state index in [2.05, 4.69) is 10.6 Å². The Hall–Kier alpha value is -0.820. The summed E-state index contributed by atoms with van der Waals surface area (Å²) in [5, 5.41) is 5.06. The van der Waals surface area contributed by atoms with Gasteiger partial charge < -0.3 is 15.4 Å². The van der Waals surface area contributed by atoms with Crippen LogP contribution in [0.4, 0.5) is 13.2 Å². The van der Waals surface area contributed by atoms with Gasteiger partial charge in [0.25, 0.3) is 0 Å². The van der Waals surface area contributed by atoms with Gasteiger partial charge in [0.1, 0.15) is 12.6 Å². The van der Waals surface area contributed by atoms with Crippen LogP contribution in [0, 0.1) is 0 Å². The average molecular weight is 268 g/mol. The highest BCUT2D eigenvalue weighted by molar-refractivity contribution is 5.77. The van der Waals surface area contributed by atoms with Crippen molar-refractivity contribution in [2.75, 3.05) is 19.8 Å². The SMILES string of the molecule is CCCOCC(=O)NC1CCC(C(F)(F)F)NC1. The fourth-order valence-corrected chi connectivity index (χ4v) is 1.84. The highest BCUT2D eigenvalue weighted by Gasteiger charge is 2.41. The second-order valence-electron chi connectivity index (χ2n) is 4.40. The lowest BCUT2D eigenvalue weighted by Gasteiger charge is -2.31. The van der Waals surface area contributed by atoms with Gasteiger partial charge in [-0.25, -0.2) is 0 Å². The molecule has 1 amide bonds. The summed E-state index contributed by atoms with van der Waals surface area (Å²) in [6, 6.07) is -1.71. The zero-order valence-corrected chi connectivity index (χ0v) is 10.3. The number of ether oxygens (including phenoxy) is 1. The molecule has 0 aliphatic carbocycles. The lowest BCUT2D eigenvalue weighted by atomic mass is 10.0. The molecule has 0 aromatic rings. The van der Waals surface area contributed by atoms with Crippen molar-refractivity contribution in [3.05, 3.63) is 0 Å². The van der Waals surface area contributed by atoms with Crippen LogP contribution in [-0.2, 0) is 9.53 Å². The fourth-order valence-electron chi connectivity index (χ4n) is 1.84. The van der Waals surface area contributed by atoms with Crippen molar-refractivity contribution < 1.29 is 22.7 Å². The van der Waals surface area contributed by atoms with Gasteiger partial charge in [0.2, 0.25) is 5.91 Å². The van der Waals surface area contributed by atoms with Crippen molar-refractivity contribution in [2.24, 2.45) is 0 Å². The van der Waals surface area contributed by atoms with E-state index in [4.69, 9.17) is 4.74 Å². The van der Waals surface area contributed by atoms with Crippen LogP contribution in [0.1, 0.15) is 26.2 Å². The maximum absolute atomic E-state index is 12.4. The smallest absolute Gasteiger partial charge is 0.372 e. The Labute approximate surface area is 104 Å². The summed E-state index contributed by atoms with van der Waals surface area (Å²) in [5.41, 5.74) is 0. The molecule has 0 bridgehead atoms. The quantitative estimate of drug-likeness (QED) is 0.737. The molecule has 1 rings (SSSR count). The van der Waals surface area contributed by atoms with Gasteiger partial charge in [-0.15, -0.1) is 0 Å². The van der Waals surface area contributed by atoms with Crippen molar-refractivity contribution in [2.45, 2.75) is 44.4 Å². The Bertz CT molecular complexity index is 264. The molecule has 0 saturated carbocycles. The molecular weight excluding hydrogens is 249 g/mol. The summed E-state index contributed by atoms with van der Waals surface area (Å²) in [6.45, 7) is 2.55. The normalized spacial score (nSPS) is 24.9. The molecule has 2 unspecified atom stereocenters. The van der Waals surface area contributed by atoms with E-state index in [1.807, 2.05) is 6.92 Å². The molecule has 1 saturated heterocycles. The molecule has 106 valence electrons. The first-order valence-corrected chi connectivity index (χ1v) is 6.10. The molecule has 4 nitrogen and oxygen atoms in total. The highest BCUT2D eigenvalue weighted by atomic mass is 19.4. The van der Waals surface area contributed by atoms with Crippen LogP contribution in [-0.4, -0.2) is 43.9 Å². The van der Waals surface area contributed by atoms with Crippen LogP contribution in [0.15, 0.2) is 0 Å². The van der Waals surface area contributed by atoms with Crippen molar-refractivity contribution in [3.8, 4) is 0 Å². The molecule has 0 radical (unpaired) electrons. The zero-order valence-electron chi connectivity index (χ0n) is 10.3. The minimum Gasteiger partial charge on any atom is -0.372 e. The molecule has 0 aromatic carbocycles. The maximum Gasteiger partial charge on any atom is 0.403 e. The topological polar surface area (TPSA) is 50.4 Å². The summed E-state index contributed by atoms with van der Waals surface area (Å²) in [4.78, 5) is 11.4. The number of carbonyl (C=O) groups is 1. The first-order valence-electron chi connectivity index (χ1n) is 6.10. The van der Waals surface area contributed by atoms with Crippen molar-refractivity contribution in [1.82, 2.24) is 10.6 Å². The number of amides is 1. The number of hydrogen-bond acceptors (Lipinski definition) is 3. The first-order chi connectivity index (χ1) is 8.43. The molecule has 0 aromatic heterocycles. The van der Waals surface area contributed by atoms with E-state index in [1.54, 1.807) is 0 Å². The molecule has 7 heteroatoms. The van der Waals surface area contributed by atoms with Gasteiger partial charge in [-0.1, -0.05) is 6.92 Å². The standard InChI is InChI=1S/C11H19F3N2O2/c1-2-5-18-7-10(17)16-8-3-4-9(15-6-8)11(12,13)14/h8-9,15H,2-7H2,1H3,(H,16,17). The van der Waals surface area contributed by atoms with E-state index in [0.717, 1.165) is 6.42 Å². The zero-order chi connectivity index (χ0) is 13.6. The Morgan fingerprint density at radius 3 is 2.67 bits per heavy atom. The predicted octanol–water partition coefficient (Wildman–Crippen LogP) is 1.21. The molecule has 2 N–H and O–H groups in total. The molecule has 2 atom stereocenters. The Morgan fingerprint density at radius 1 is 1.44 bits per heavy atom. The minimum atomic E-state index is -4.21. The van der Waals surface area contributed by atoms with Gasteiger partial charge in [0, 0.05) is 19.2 Å². The molecule has 1 aliphatic heterocycles. The van der Waals surface area contributed by atoms with E-state index in [-0.39, 0.29) is 31.5 Å². The second-order valence-corrected chi connectivity index (χ2v) is 4.40. The van der Waals surface area contributed by atoms with Gasteiger partial charge >= 0.3 is 6.18 Å². The molecule has 1 aliphatic rings. The summed E-state index contributed by atoms with van der Waals surface area (Å²) >= 11 is 0. The van der Waals surface area contributed by atoms with E-state index in [9.17, 15) is 18.0 Å². The Morgan fingerprint density at radius 2 is 2.17 bits per heavy atom. The lowest BCUT2D eigenvalue weighted by Crippen LogP contribution is -2.54. The molecule has 1 fully saturated rings. The van der Waals surface area contributed by atoms with Crippen LogP contribution in [0.2, 0.25) is 0 Å². The van der Waals surface area contributed by atoms with Crippen molar-refractivity contribution in [3.63, 3.8) is 0 Å². The minimum absolute atomic E-state index is 0.00966. The summed E-state index contributed by atoms with van der Waals surface area (Å²) in [5.74, 6) is -0.277. The van der Waals surface area contributed by atoms with E-state index in [1.165, 1.54) is 0 Å². The largest absolute Gasteiger partial charge is 0.403 e. The average Bonchev–Trinajstić information content (AvgIpc) is 2.29.